The molecule has 0 fully saturated rings. The van der Waals surface area contributed by atoms with Gasteiger partial charge < -0.3 is 25.5 Å². The summed E-state index contributed by atoms with van der Waals surface area (Å²) in [6.45, 7) is 4.36. The van der Waals surface area contributed by atoms with E-state index in [1.54, 1.807) is 30.4 Å². The number of amidine groups is 1. The van der Waals surface area contributed by atoms with Crippen molar-refractivity contribution in [2.75, 3.05) is 22.6 Å². The number of rotatable bonds is 8. The van der Waals surface area contributed by atoms with Crippen LogP contribution in [-0.4, -0.2) is 43.1 Å². The van der Waals surface area contributed by atoms with Gasteiger partial charge in [0.15, 0.2) is 6.23 Å². The fraction of sp³-hybridized carbons (Fsp3) is 0.194. The molecule has 11 nitrogen and oxygen atoms in total. The molecule has 12 heteroatoms. The number of nitrogen functional groups attached to an aromatic ring is 1. The van der Waals surface area contributed by atoms with Gasteiger partial charge >= 0.3 is 0 Å². The van der Waals surface area contributed by atoms with Gasteiger partial charge in [0.25, 0.3) is 5.19 Å². The van der Waals surface area contributed by atoms with E-state index in [4.69, 9.17) is 15.5 Å². The van der Waals surface area contributed by atoms with Gasteiger partial charge in [-0.1, -0.05) is 41.7 Å². The average molecular weight is 595 g/mol. The van der Waals surface area contributed by atoms with Crippen LogP contribution >= 0.6 is 11.3 Å². The number of aliphatic hydroxyl groups is 1. The van der Waals surface area contributed by atoms with Crippen LogP contribution in [0.1, 0.15) is 25.6 Å². The van der Waals surface area contributed by atoms with Crippen molar-refractivity contribution in [3.63, 3.8) is 0 Å². The van der Waals surface area contributed by atoms with Crippen LogP contribution < -0.4 is 26.2 Å². The Morgan fingerprint density at radius 2 is 1.91 bits per heavy atom. The summed E-state index contributed by atoms with van der Waals surface area (Å²) >= 11 is 1.39. The molecule has 5 aromatic rings. The summed E-state index contributed by atoms with van der Waals surface area (Å²) in [5.41, 5.74) is 10.8. The molecule has 0 saturated heterocycles. The summed E-state index contributed by atoms with van der Waals surface area (Å²) < 4.78 is 7.08. The van der Waals surface area contributed by atoms with Gasteiger partial charge in [-0.05, 0) is 49.2 Å². The van der Waals surface area contributed by atoms with Gasteiger partial charge in [0.05, 0.1) is 29.6 Å². The molecule has 0 spiro atoms. The smallest absolute Gasteiger partial charge is 0.273 e. The van der Waals surface area contributed by atoms with Crippen LogP contribution in [0.4, 0.5) is 23.1 Å². The zero-order valence-electron chi connectivity index (χ0n) is 23.8. The molecule has 1 aliphatic heterocycles. The van der Waals surface area contributed by atoms with Crippen molar-refractivity contribution in [2.45, 2.75) is 26.1 Å². The second-order valence-electron chi connectivity index (χ2n) is 9.94. The van der Waals surface area contributed by atoms with Crippen molar-refractivity contribution >= 4 is 40.3 Å². The van der Waals surface area contributed by atoms with Crippen LogP contribution in [0.15, 0.2) is 88.2 Å². The highest BCUT2D eigenvalue weighted by Crippen LogP contribution is 2.42. The van der Waals surface area contributed by atoms with Gasteiger partial charge in [-0.25, -0.2) is 15.0 Å². The molecule has 43 heavy (non-hydrogen) atoms. The summed E-state index contributed by atoms with van der Waals surface area (Å²) in [7, 11) is 1.70. The summed E-state index contributed by atoms with van der Waals surface area (Å²) in [4.78, 5) is 32.2. The second kappa shape index (κ2) is 11.7. The molecule has 1 aliphatic rings. The Hall–Kier alpha value is -5.07. The largest absolute Gasteiger partial charge is 0.470 e. The molecule has 218 valence electrons. The minimum atomic E-state index is -1.08. The predicted octanol–water partition coefficient (Wildman–Crippen LogP) is 4.99. The number of aryl methyl sites for hydroxylation is 1. The van der Waals surface area contributed by atoms with Crippen LogP contribution in [-0.2, 0) is 7.05 Å². The van der Waals surface area contributed by atoms with Crippen molar-refractivity contribution in [3.05, 3.63) is 94.4 Å². The van der Waals surface area contributed by atoms with Gasteiger partial charge in [0, 0.05) is 42.1 Å². The number of nitrogens with one attached hydrogen (secondary N) is 1. The van der Waals surface area contributed by atoms with Crippen LogP contribution in [0.25, 0.3) is 22.4 Å². The number of aliphatic hydroxyl groups excluding tert-OH is 1. The quantitative estimate of drug-likeness (QED) is 0.226. The molecule has 0 radical (unpaired) electrons. The number of para-hydroxylation sites is 1. The molecular weight excluding hydrogens is 564 g/mol. The Bertz CT molecular complexity index is 1870. The first kappa shape index (κ1) is 28.1. The number of pyridine rings is 1. The lowest BCUT2D eigenvalue weighted by atomic mass is 9.95. The standard InChI is InChI=1S/C31H30N8O3S/c1-4-42-31-36-24(17-43-31)22-15-33-30(32)37-27(22)34-18(2)28-35-23-12-8-11-21(19-13-14-25(40)38(3)16-19)26(23)29(41)39(28)20-9-6-5-7-10-20/h5-18,29,41H,4H2,1-3H3,(H3,32,33,34,37). The van der Waals surface area contributed by atoms with Gasteiger partial charge in [0.1, 0.15) is 11.7 Å². The molecule has 4 N–H and O–H groups in total. The number of aliphatic imine (C=N–C) groups is 1. The average Bonchev–Trinajstić information content (AvgIpc) is 3.47. The van der Waals surface area contributed by atoms with E-state index in [-0.39, 0.29) is 11.5 Å². The number of hydrogen-bond acceptors (Lipinski definition) is 11. The maximum atomic E-state index is 12.1. The van der Waals surface area contributed by atoms with Gasteiger partial charge in [-0.2, -0.15) is 4.98 Å². The molecule has 0 bridgehead atoms. The molecule has 2 atom stereocenters. The lowest BCUT2D eigenvalue weighted by Crippen LogP contribution is -2.46. The number of aromatic nitrogens is 4. The Kier molecular flexibility index (Phi) is 7.61. The van der Waals surface area contributed by atoms with E-state index in [1.807, 2.05) is 67.8 Å². The fourth-order valence-corrected chi connectivity index (χ4v) is 5.79. The normalized spacial score (nSPS) is 15.0. The first-order valence-corrected chi connectivity index (χ1v) is 14.6. The third-order valence-electron chi connectivity index (χ3n) is 7.07. The SMILES string of the molecule is CCOc1nc(-c2cnc(N)nc2NC(C)C2=Nc3cccc(-c4ccc(=O)n(C)c4)c3C(O)N2c2ccccc2)cs1. The van der Waals surface area contributed by atoms with Crippen LogP contribution in [0, 0.1) is 0 Å². The van der Waals surface area contributed by atoms with Gasteiger partial charge in [0.2, 0.25) is 11.5 Å². The summed E-state index contributed by atoms with van der Waals surface area (Å²) in [5.74, 6) is 1.15. The number of fused-ring (bicyclic) bond motifs is 1. The molecule has 4 heterocycles. The Morgan fingerprint density at radius 3 is 2.67 bits per heavy atom. The van der Waals surface area contributed by atoms with E-state index in [0.29, 0.717) is 46.0 Å². The van der Waals surface area contributed by atoms with E-state index >= 15 is 0 Å². The number of thiazole rings is 1. The number of anilines is 3. The van der Waals surface area contributed by atoms with Gasteiger partial charge in [-0.3, -0.25) is 9.69 Å². The van der Waals surface area contributed by atoms with Crippen molar-refractivity contribution in [1.29, 1.82) is 0 Å². The molecule has 6 rings (SSSR count). The molecule has 2 unspecified atom stereocenters. The third kappa shape index (κ3) is 5.45. The molecular formula is C31H30N8O3S. The second-order valence-corrected chi connectivity index (χ2v) is 10.8. The zero-order valence-corrected chi connectivity index (χ0v) is 24.6. The van der Waals surface area contributed by atoms with E-state index in [2.05, 4.69) is 20.3 Å². The maximum Gasteiger partial charge on any atom is 0.273 e. The maximum absolute atomic E-state index is 12.1. The molecule has 0 saturated carbocycles. The third-order valence-corrected chi connectivity index (χ3v) is 7.83. The molecule has 0 aliphatic carbocycles. The van der Waals surface area contributed by atoms with E-state index < -0.39 is 12.3 Å². The van der Waals surface area contributed by atoms with E-state index in [1.165, 1.54) is 22.0 Å². The van der Waals surface area contributed by atoms with Crippen LogP contribution in [0.3, 0.4) is 0 Å². The Labute approximate surface area is 252 Å². The topological polar surface area (TPSA) is 144 Å². The lowest BCUT2D eigenvalue weighted by Gasteiger charge is -2.38. The highest BCUT2D eigenvalue weighted by atomic mass is 32.1. The zero-order chi connectivity index (χ0) is 30.1. The Balaban J connectivity index is 1.44. The first-order valence-electron chi connectivity index (χ1n) is 13.7. The summed E-state index contributed by atoms with van der Waals surface area (Å²) in [6.07, 6.45) is 2.31. The molecule has 3 aromatic heterocycles. The monoisotopic (exact) mass is 594 g/mol. The lowest BCUT2D eigenvalue weighted by molar-refractivity contribution is 0.186. The molecule has 2 aromatic carbocycles. The summed E-state index contributed by atoms with van der Waals surface area (Å²) in [5, 5.41) is 17.9. The van der Waals surface area contributed by atoms with E-state index in [0.717, 1.165) is 16.8 Å². The van der Waals surface area contributed by atoms with Crippen LogP contribution in [0.2, 0.25) is 0 Å². The van der Waals surface area contributed by atoms with Crippen molar-refractivity contribution < 1.29 is 9.84 Å². The van der Waals surface area contributed by atoms with Crippen LogP contribution in [0.5, 0.6) is 5.19 Å². The number of hydrogen-bond donors (Lipinski definition) is 3. The minimum Gasteiger partial charge on any atom is -0.470 e. The Morgan fingerprint density at radius 1 is 1.09 bits per heavy atom. The number of ether oxygens (including phenoxy) is 1. The highest BCUT2D eigenvalue weighted by Gasteiger charge is 2.35. The first-order chi connectivity index (χ1) is 20.8. The summed E-state index contributed by atoms with van der Waals surface area (Å²) in [6, 6.07) is 18.1. The fourth-order valence-electron chi connectivity index (χ4n) is 5.06. The van der Waals surface area contributed by atoms with Crippen molar-refractivity contribution in [1.82, 2.24) is 19.5 Å². The minimum absolute atomic E-state index is 0.108. The number of benzene rings is 2. The predicted molar refractivity (Wildman–Crippen MR) is 170 cm³/mol. The highest BCUT2D eigenvalue weighted by molar-refractivity contribution is 7.11. The van der Waals surface area contributed by atoms with Crippen molar-refractivity contribution in [3.8, 4) is 27.6 Å². The number of nitrogens with zero attached hydrogens (tertiary/aromatic N) is 6. The van der Waals surface area contributed by atoms with Crippen molar-refractivity contribution in [2.24, 2.45) is 12.0 Å². The number of nitrogens with two attached hydrogens (primary N) is 1. The molecule has 0 amide bonds. The van der Waals surface area contributed by atoms with E-state index in [9.17, 15) is 9.90 Å². The van der Waals surface area contributed by atoms with Gasteiger partial charge in [-0.15, -0.1) is 0 Å².